The molecule has 0 atom stereocenters. The Morgan fingerprint density at radius 2 is 2.15 bits per heavy atom. The quantitative estimate of drug-likeness (QED) is 0.839. The number of ether oxygens (including phenoxy) is 1. The summed E-state index contributed by atoms with van der Waals surface area (Å²) >= 11 is 0. The van der Waals surface area contributed by atoms with Crippen LogP contribution >= 0.6 is 0 Å². The standard InChI is InChI=1S/C19H24N4O3/c24-18(19(4-5-19)12-22-8-6-20-13-22)23-7-1-16-15(11-23)21-17(26-16)14-2-9-25-10-3-14/h6,8,13-14H,1-5,7,9-12H2. The van der Waals surface area contributed by atoms with Crippen LogP contribution in [0.4, 0.5) is 0 Å². The summed E-state index contributed by atoms with van der Waals surface area (Å²) in [6.07, 6.45) is 10.1. The van der Waals surface area contributed by atoms with E-state index in [1.165, 1.54) is 0 Å². The topological polar surface area (TPSA) is 73.4 Å². The molecule has 2 fully saturated rings. The number of oxazole rings is 1. The summed E-state index contributed by atoms with van der Waals surface area (Å²) in [5.74, 6) is 2.42. The van der Waals surface area contributed by atoms with Gasteiger partial charge in [-0.3, -0.25) is 4.79 Å². The molecule has 2 aromatic rings. The summed E-state index contributed by atoms with van der Waals surface area (Å²) in [5, 5.41) is 0. The van der Waals surface area contributed by atoms with Crippen LogP contribution in [0.1, 0.15) is 48.9 Å². The third-order valence-corrected chi connectivity index (χ3v) is 5.95. The predicted octanol–water partition coefficient (Wildman–Crippen LogP) is 2.13. The average molecular weight is 356 g/mol. The van der Waals surface area contributed by atoms with E-state index in [4.69, 9.17) is 14.1 Å². The molecule has 4 heterocycles. The maximum Gasteiger partial charge on any atom is 0.230 e. The number of hydrogen-bond acceptors (Lipinski definition) is 5. The summed E-state index contributed by atoms with van der Waals surface area (Å²) in [4.78, 5) is 24.0. The third-order valence-electron chi connectivity index (χ3n) is 5.95. The SMILES string of the molecule is O=C(N1CCc2oc(C3CCOCC3)nc2C1)C1(Cn2ccnc2)CC1. The highest BCUT2D eigenvalue weighted by Gasteiger charge is 2.52. The number of hydrogen-bond donors (Lipinski definition) is 0. The zero-order chi connectivity index (χ0) is 17.6. The van der Waals surface area contributed by atoms with E-state index in [9.17, 15) is 4.79 Å². The molecule has 5 rings (SSSR count). The molecule has 1 aliphatic carbocycles. The van der Waals surface area contributed by atoms with Gasteiger partial charge in [0.1, 0.15) is 11.5 Å². The van der Waals surface area contributed by atoms with E-state index in [-0.39, 0.29) is 11.3 Å². The number of imidazole rings is 1. The lowest BCUT2D eigenvalue weighted by molar-refractivity contribution is -0.138. The minimum absolute atomic E-state index is 0.245. The molecule has 26 heavy (non-hydrogen) atoms. The van der Waals surface area contributed by atoms with Crippen molar-refractivity contribution < 1.29 is 13.9 Å². The highest BCUT2D eigenvalue weighted by molar-refractivity contribution is 5.85. The van der Waals surface area contributed by atoms with Crippen LogP contribution in [0.5, 0.6) is 0 Å². The largest absolute Gasteiger partial charge is 0.445 e. The normalized spacial score (nSPS) is 22.2. The van der Waals surface area contributed by atoms with Crippen molar-refractivity contribution in [3.63, 3.8) is 0 Å². The summed E-state index contributed by atoms with van der Waals surface area (Å²) < 4.78 is 13.5. The van der Waals surface area contributed by atoms with Gasteiger partial charge < -0.3 is 18.6 Å². The van der Waals surface area contributed by atoms with Gasteiger partial charge in [0.15, 0.2) is 5.89 Å². The van der Waals surface area contributed by atoms with Gasteiger partial charge in [0.25, 0.3) is 0 Å². The molecule has 0 N–H and O–H groups in total. The molecule has 0 spiro atoms. The van der Waals surface area contributed by atoms with E-state index in [0.717, 1.165) is 75.8 Å². The van der Waals surface area contributed by atoms with Gasteiger partial charge >= 0.3 is 0 Å². The van der Waals surface area contributed by atoms with E-state index in [1.807, 2.05) is 15.7 Å². The number of nitrogens with zero attached hydrogens (tertiary/aromatic N) is 4. The van der Waals surface area contributed by atoms with Crippen molar-refractivity contribution >= 4 is 5.91 Å². The number of fused-ring (bicyclic) bond motifs is 1. The second-order valence-electron chi connectivity index (χ2n) is 7.80. The maximum absolute atomic E-state index is 13.1. The molecule has 2 aliphatic heterocycles. The van der Waals surface area contributed by atoms with Gasteiger partial charge in [-0.15, -0.1) is 0 Å². The minimum atomic E-state index is -0.245. The monoisotopic (exact) mass is 356 g/mol. The first kappa shape index (κ1) is 16.1. The van der Waals surface area contributed by atoms with Gasteiger partial charge in [-0.2, -0.15) is 0 Å². The first-order valence-corrected chi connectivity index (χ1v) is 9.55. The lowest BCUT2D eigenvalue weighted by Gasteiger charge is -2.29. The lowest BCUT2D eigenvalue weighted by atomic mass is 10.0. The highest BCUT2D eigenvalue weighted by atomic mass is 16.5. The summed E-state index contributed by atoms with van der Waals surface area (Å²) in [6.45, 7) is 3.58. The average Bonchev–Trinajstić information content (AvgIpc) is 3.08. The first-order valence-electron chi connectivity index (χ1n) is 9.55. The van der Waals surface area contributed by atoms with Gasteiger partial charge in [-0.05, 0) is 25.7 Å². The van der Waals surface area contributed by atoms with Crippen molar-refractivity contribution in [2.24, 2.45) is 5.41 Å². The summed E-state index contributed by atoms with van der Waals surface area (Å²) in [7, 11) is 0. The Hall–Kier alpha value is -2.15. The molecule has 7 heteroatoms. The molecule has 0 aromatic carbocycles. The Bertz CT molecular complexity index is 788. The Labute approximate surface area is 152 Å². The Morgan fingerprint density at radius 1 is 1.31 bits per heavy atom. The third kappa shape index (κ3) is 2.84. The second-order valence-corrected chi connectivity index (χ2v) is 7.80. The molecule has 7 nitrogen and oxygen atoms in total. The van der Waals surface area contributed by atoms with Crippen molar-refractivity contribution in [3.05, 3.63) is 36.1 Å². The van der Waals surface area contributed by atoms with Crippen LogP contribution < -0.4 is 0 Å². The number of carbonyl (C=O) groups excluding carboxylic acids is 1. The molecular formula is C19H24N4O3. The van der Waals surface area contributed by atoms with E-state index in [0.29, 0.717) is 12.5 Å². The predicted molar refractivity (Wildman–Crippen MR) is 92.3 cm³/mol. The van der Waals surface area contributed by atoms with E-state index in [1.54, 1.807) is 12.5 Å². The fourth-order valence-corrected chi connectivity index (χ4v) is 4.17. The number of amides is 1. The van der Waals surface area contributed by atoms with Gasteiger partial charge in [0.2, 0.25) is 5.91 Å². The molecule has 3 aliphatic rings. The molecule has 1 saturated carbocycles. The molecule has 0 bridgehead atoms. The van der Waals surface area contributed by atoms with Crippen LogP contribution in [0.3, 0.4) is 0 Å². The Balaban J connectivity index is 1.29. The van der Waals surface area contributed by atoms with Crippen molar-refractivity contribution in [2.75, 3.05) is 19.8 Å². The fraction of sp³-hybridized carbons (Fsp3) is 0.632. The van der Waals surface area contributed by atoms with E-state index >= 15 is 0 Å². The number of carbonyl (C=O) groups is 1. The number of rotatable bonds is 4. The van der Waals surface area contributed by atoms with Crippen LogP contribution in [0, 0.1) is 5.41 Å². The van der Waals surface area contributed by atoms with Crippen LogP contribution in [-0.4, -0.2) is 45.1 Å². The van der Waals surface area contributed by atoms with Gasteiger partial charge in [-0.25, -0.2) is 9.97 Å². The van der Waals surface area contributed by atoms with Crippen molar-refractivity contribution in [2.45, 2.75) is 51.1 Å². The lowest BCUT2D eigenvalue weighted by Crippen LogP contribution is -2.41. The molecular weight excluding hydrogens is 332 g/mol. The van der Waals surface area contributed by atoms with Crippen LogP contribution in [0.2, 0.25) is 0 Å². The van der Waals surface area contributed by atoms with Gasteiger partial charge in [0.05, 0.1) is 18.3 Å². The van der Waals surface area contributed by atoms with Crippen molar-refractivity contribution in [1.29, 1.82) is 0 Å². The van der Waals surface area contributed by atoms with E-state index in [2.05, 4.69) is 4.98 Å². The molecule has 0 unspecified atom stereocenters. The van der Waals surface area contributed by atoms with Crippen LogP contribution in [0.25, 0.3) is 0 Å². The highest BCUT2D eigenvalue weighted by Crippen LogP contribution is 2.49. The smallest absolute Gasteiger partial charge is 0.230 e. The maximum atomic E-state index is 13.1. The van der Waals surface area contributed by atoms with Crippen molar-refractivity contribution in [1.82, 2.24) is 19.4 Å². The number of aromatic nitrogens is 3. The molecule has 138 valence electrons. The molecule has 0 radical (unpaired) electrons. The fourth-order valence-electron chi connectivity index (χ4n) is 4.17. The summed E-state index contributed by atoms with van der Waals surface area (Å²) in [5.41, 5.74) is 0.704. The van der Waals surface area contributed by atoms with Crippen molar-refractivity contribution in [3.8, 4) is 0 Å². The Kier molecular flexibility index (Phi) is 3.85. The molecule has 1 amide bonds. The summed E-state index contributed by atoms with van der Waals surface area (Å²) in [6, 6.07) is 0. The zero-order valence-corrected chi connectivity index (χ0v) is 14.9. The van der Waals surface area contributed by atoms with Gasteiger partial charge in [0, 0.05) is 51.0 Å². The Morgan fingerprint density at radius 3 is 2.88 bits per heavy atom. The van der Waals surface area contributed by atoms with Crippen LogP contribution in [-0.2, 0) is 29.0 Å². The molecule has 2 aromatic heterocycles. The van der Waals surface area contributed by atoms with Gasteiger partial charge in [-0.1, -0.05) is 0 Å². The van der Waals surface area contributed by atoms with Crippen LogP contribution in [0.15, 0.2) is 23.1 Å². The first-order chi connectivity index (χ1) is 12.7. The molecule has 1 saturated heterocycles. The zero-order valence-electron chi connectivity index (χ0n) is 14.9. The second kappa shape index (κ2) is 6.23. The van der Waals surface area contributed by atoms with E-state index < -0.39 is 0 Å². The minimum Gasteiger partial charge on any atom is -0.445 e.